The highest BCUT2D eigenvalue weighted by Gasteiger charge is 2.14. The summed E-state index contributed by atoms with van der Waals surface area (Å²) >= 11 is 1.21. The number of anilines is 2. The number of amides is 2. The minimum absolute atomic E-state index is 0.211. The molecule has 0 saturated carbocycles. The predicted molar refractivity (Wildman–Crippen MR) is 111 cm³/mol. The number of carbonyl (C=O) groups is 2. The molecule has 2 N–H and O–H groups in total. The highest BCUT2D eigenvalue weighted by Crippen LogP contribution is 2.24. The second-order valence-electron chi connectivity index (χ2n) is 6.64. The van der Waals surface area contributed by atoms with Gasteiger partial charge < -0.3 is 19.8 Å². The molecule has 1 aliphatic rings. The summed E-state index contributed by atoms with van der Waals surface area (Å²) in [6.07, 6.45) is 1.44. The van der Waals surface area contributed by atoms with Crippen LogP contribution in [0.1, 0.15) is 25.8 Å². The van der Waals surface area contributed by atoms with Crippen LogP contribution in [0.2, 0.25) is 0 Å². The molecule has 1 saturated heterocycles. The lowest BCUT2D eigenvalue weighted by Gasteiger charge is -2.26. The second kappa shape index (κ2) is 9.04. The maximum Gasteiger partial charge on any atom is 0.291 e. The number of nitrogens with zero attached hydrogens (tertiary/aromatic N) is 1. The van der Waals surface area contributed by atoms with Gasteiger partial charge in [0, 0.05) is 25.3 Å². The highest BCUT2D eigenvalue weighted by molar-refractivity contribution is 7.18. The van der Waals surface area contributed by atoms with Crippen molar-refractivity contribution in [3.05, 3.63) is 71.0 Å². The third kappa shape index (κ3) is 5.11. The van der Waals surface area contributed by atoms with Gasteiger partial charge in [0.15, 0.2) is 5.76 Å². The average molecular weight is 411 g/mol. The Balaban J connectivity index is 1.36. The summed E-state index contributed by atoms with van der Waals surface area (Å²) in [4.78, 5) is 27.5. The monoisotopic (exact) mass is 411 g/mol. The van der Waals surface area contributed by atoms with E-state index >= 15 is 0 Å². The molecule has 2 amide bonds. The molecule has 3 heterocycles. The Bertz CT molecular complexity index is 977. The predicted octanol–water partition coefficient (Wildman–Crippen LogP) is 3.68. The molecule has 0 radical (unpaired) electrons. The lowest BCUT2D eigenvalue weighted by molar-refractivity contribution is 0.0342. The van der Waals surface area contributed by atoms with E-state index < -0.39 is 0 Å². The van der Waals surface area contributed by atoms with Gasteiger partial charge in [-0.2, -0.15) is 0 Å². The van der Waals surface area contributed by atoms with E-state index in [0.717, 1.165) is 44.1 Å². The average Bonchev–Trinajstić information content (AvgIpc) is 3.41. The minimum Gasteiger partial charge on any atom is -0.459 e. The molecule has 1 aliphatic heterocycles. The summed E-state index contributed by atoms with van der Waals surface area (Å²) in [5.74, 6) is -0.335. The summed E-state index contributed by atoms with van der Waals surface area (Å²) in [7, 11) is 0. The molecule has 2 aromatic heterocycles. The van der Waals surface area contributed by atoms with Crippen molar-refractivity contribution in [2.24, 2.45) is 0 Å². The largest absolute Gasteiger partial charge is 0.459 e. The molecule has 0 aliphatic carbocycles. The molecule has 0 atom stereocenters. The standard InChI is InChI=1S/C21H21N3O4S/c25-20(17-5-2-10-28-17)23-19-7-6-18(29-19)21(26)22-16-4-1-3-15(13-16)14-24-8-11-27-12-9-24/h1-7,10,13H,8-9,11-12,14H2,(H,22,26)(H,23,25). The third-order valence-electron chi connectivity index (χ3n) is 4.51. The summed E-state index contributed by atoms with van der Waals surface area (Å²) in [5.41, 5.74) is 1.89. The number of hydrogen-bond acceptors (Lipinski definition) is 6. The molecule has 29 heavy (non-hydrogen) atoms. The van der Waals surface area contributed by atoms with Gasteiger partial charge in [-0.05, 0) is 42.0 Å². The maximum atomic E-state index is 12.6. The summed E-state index contributed by atoms with van der Waals surface area (Å²) in [6, 6.07) is 14.5. The molecular formula is C21H21N3O4S. The van der Waals surface area contributed by atoms with Crippen LogP contribution in [-0.2, 0) is 11.3 Å². The van der Waals surface area contributed by atoms with Crippen molar-refractivity contribution in [2.45, 2.75) is 6.54 Å². The van der Waals surface area contributed by atoms with Gasteiger partial charge >= 0.3 is 0 Å². The number of rotatable bonds is 6. The van der Waals surface area contributed by atoms with Gasteiger partial charge in [0.2, 0.25) is 0 Å². The summed E-state index contributed by atoms with van der Waals surface area (Å²) in [6.45, 7) is 4.17. The molecule has 0 spiro atoms. The van der Waals surface area contributed by atoms with E-state index in [-0.39, 0.29) is 17.6 Å². The molecule has 3 aromatic rings. The fourth-order valence-corrected chi connectivity index (χ4v) is 3.86. The molecule has 7 nitrogen and oxygen atoms in total. The van der Waals surface area contributed by atoms with Gasteiger partial charge in [-0.3, -0.25) is 14.5 Å². The van der Waals surface area contributed by atoms with Crippen LogP contribution in [0.3, 0.4) is 0 Å². The Morgan fingerprint density at radius 1 is 1.00 bits per heavy atom. The van der Waals surface area contributed by atoms with Gasteiger partial charge in [-0.15, -0.1) is 11.3 Å². The van der Waals surface area contributed by atoms with Gasteiger partial charge in [0.05, 0.1) is 29.4 Å². The van der Waals surface area contributed by atoms with Gasteiger partial charge in [0.25, 0.3) is 11.8 Å². The van der Waals surface area contributed by atoms with E-state index in [1.807, 2.05) is 18.2 Å². The van der Waals surface area contributed by atoms with Crippen molar-refractivity contribution >= 4 is 33.8 Å². The van der Waals surface area contributed by atoms with E-state index in [1.54, 1.807) is 24.3 Å². The first-order chi connectivity index (χ1) is 14.2. The van der Waals surface area contributed by atoms with Crippen molar-refractivity contribution in [2.75, 3.05) is 36.9 Å². The molecule has 8 heteroatoms. The van der Waals surface area contributed by atoms with Crippen LogP contribution in [0.15, 0.2) is 59.2 Å². The number of nitrogens with one attached hydrogen (secondary N) is 2. The van der Waals surface area contributed by atoms with E-state index in [0.29, 0.717) is 9.88 Å². The quantitative estimate of drug-likeness (QED) is 0.647. The smallest absolute Gasteiger partial charge is 0.291 e. The Morgan fingerprint density at radius 2 is 1.86 bits per heavy atom. The lowest BCUT2D eigenvalue weighted by Crippen LogP contribution is -2.35. The highest BCUT2D eigenvalue weighted by atomic mass is 32.1. The van der Waals surface area contributed by atoms with E-state index in [9.17, 15) is 9.59 Å². The first-order valence-electron chi connectivity index (χ1n) is 9.32. The minimum atomic E-state index is -0.348. The summed E-state index contributed by atoms with van der Waals surface area (Å²) in [5, 5.41) is 6.24. The molecule has 150 valence electrons. The van der Waals surface area contributed by atoms with Crippen molar-refractivity contribution in [3.63, 3.8) is 0 Å². The zero-order valence-corrected chi connectivity index (χ0v) is 16.5. The molecule has 0 unspecified atom stereocenters. The van der Waals surface area contributed by atoms with Crippen LogP contribution >= 0.6 is 11.3 Å². The molecule has 1 fully saturated rings. The van der Waals surface area contributed by atoms with Crippen LogP contribution in [0.25, 0.3) is 0 Å². The number of ether oxygens (including phenoxy) is 1. The van der Waals surface area contributed by atoms with Crippen LogP contribution < -0.4 is 10.6 Å². The fourth-order valence-electron chi connectivity index (χ4n) is 3.07. The number of carbonyl (C=O) groups excluding carboxylic acids is 2. The number of hydrogen-bond donors (Lipinski definition) is 2. The zero-order chi connectivity index (χ0) is 20.1. The van der Waals surface area contributed by atoms with Crippen LogP contribution in [0.4, 0.5) is 10.7 Å². The van der Waals surface area contributed by atoms with E-state index in [1.165, 1.54) is 17.6 Å². The van der Waals surface area contributed by atoms with Gasteiger partial charge in [-0.1, -0.05) is 12.1 Å². The second-order valence-corrected chi connectivity index (χ2v) is 7.72. The van der Waals surface area contributed by atoms with Crippen molar-refractivity contribution < 1.29 is 18.7 Å². The molecule has 0 bridgehead atoms. The first-order valence-corrected chi connectivity index (χ1v) is 10.1. The van der Waals surface area contributed by atoms with Crippen LogP contribution in [0, 0.1) is 0 Å². The van der Waals surface area contributed by atoms with Gasteiger partial charge in [-0.25, -0.2) is 0 Å². The van der Waals surface area contributed by atoms with Crippen molar-refractivity contribution in [3.8, 4) is 0 Å². The SMILES string of the molecule is O=C(Nc1ccc(C(=O)Nc2cccc(CN3CCOCC3)c2)s1)c1ccco1. The summed E-state index contributed by atoms with van der Waals surface area (Å²) < 4.78 is 10.5. The Morgan fingerprint density at radius 3 is 2.66 bits per heavy atom. The first kappa shape index (κ1) is 19.4. The van der Waals surface area contributed by atoms with E-state index in [4.69, 9.17) is 9.15 Å². The number of benzene rings is 1. The Kier molecular flexibility index (Phi) is 6.04. The topological polar surface area (TPSA) is 83.8 Å². The van der Waals surface area contributed by atoms with Crippen LogP contribution in [-0.4, -0.2) is 43.0 Å². The lowest BCUT2D eigenvalue weighted by atomic mass is 10.2. The Labute approximate surface area is 172 Å². The third-order valence-corrected chi connectivity index (χ3v) is 5.51. The van der Waals surface area contributed by atoms with Crippen molar-refractivity contribution in [1.82, 2.24) is 4.90 Å². The molecule has 1 aromatic carbocycles. The van der Waals surface area contributed by atoms with E-state index in [2.05, 4.69) is 21.6 Å². The normalized spacial score (nSPS) is 14.5. The Hall–Kier alpha value is -2.94. The molecular weight excluding hydrogens is 390 g/mol. The number of morpholine rings is 1. The zero-order valence-electron chi connectivity index (χ0n) is 15.7. The number of furan rings is 1. The fraction of sp³-hybridized carbons (Fsp3) is 0.238. The number of thiophene rings is 1. The van der Waals surface area contributed by atoms with Gasteiger partial charge in [0.1, 0.15) is 0 Å². The maximum absolute atomic E-state index is 12.6. The molecule has 4 rings (SSSR count). The van der Waals surface area contributed by atoms with Crippen LogP contribution in [0.5, 0.6) is 0 Å². The van der Waals surface area contributed by atoms with Crippen molar-refractivity contribution in [1.29, 1.82) is 0 Å².